The highest BCUT2D eigenvalue weighted by molar-refractivity contribution is 7.22. The third kappa shape index (κ3) is 19.9. The monoisotopic (exact) mass is 1260 g/mol. The zero-order valence-corrected chi connectivity index (χ0v) is 50.8. The molecule has 26 nitrogen and oxygen atoms in total. The Labute approximate surface area is 519 Å². The fourth-order valence-corrected chi connectivity index (χ4v) is 10.6. The van der Waals surface area contributed by atoms with Gasteiger partial charge >= 0.3 is 18.1 Å². The maximum Gasteiger partial charge on any atom is 0.410 e. The largest absolute Gasteiger partial charge is 0.491 e. The quantitative estimate of drug-likeness (QED) is 0.0138. The minimum Gasteiger partial charge on any atom is -0.491 e. The van der Waals surface area contributed by atoms with E-state index in [9.17, 15) is 48.6 Å². The standard InChI is InChI=1S/C60H68FN13O13S2/c1-36(2)51(67-48(76)24-31-85-32-28-74-49(77)22-23-50(74)78)55(80)65-43(13-7-25-63-57(62)83)54(79)64-40-19-16-39(17-20-40)35-87-60(84)72(4)26-8-11-38-18-21-44(41(61)34-38)86-30-9-15-46-52(56(81)82)68-59(89-46)73(27-10-29-75)47-33-37(3)53(71-70-47)69-58-66-42-12-5-6-14-45(42)88-58/h5-6,12,14,16-23,33-34,36,43,51,75H,7,9-10,13,15,24-32,35H2,1-4H3,(H,64,79)(H,65,80)(H,67,76)(H,81,82)(H3,62,63,83)(H,66,69,71). The van der Waals surface area contributed by atoms with Gasteiger partial charge in [0.05, 0.1) is 43.1 Å². The molecular formula is C60H68FN13O13S2. The third-order valence-electron chi connectivity index (χ3n) is 13.3. The van der Waals surface area contributed by atoms with Gasteiger partial charge in [-0.2, -0.15) is 0 Å². The minimum absolute atomic E-state index is 0.0129. The zero-order chi connectivity index (χ0) is 64.0. The Kier molecular flexibility index (Phi) is 24.7. The van der Waals surface area contributed by atoms with Crippen molar-refractivity contribution < 1.29 is 67.2 Å². The number of halogens is 1. The highest BCUT2D eigenvalue weighted by Crippen LogP contribution is 2.34. The number of para-hydroxylation sites is 1. The molecule has 1 aliphatic heterocycles. The van der Waals surface area contributed by atoms with Crippen molar-refractivity contribution in [2.75, 3.05) is 75.2 Å². The van der Waals surface area contributed by atoms with E-state index in [0.29, 0.717) is 56.4 Å². The number of nitrogens with two attached hydrogens (primary N) is 1. The Morgan fingerprint density at radius 3 is 2.35 bits per heavy atom. The number of benzene rings is 3. The van der Waals surface area contributed by atoms with Gasteiger partial charge in [-0.15, -0.1) is 21.5 Å². The second kappa shape index (κ2) is 32.9. The van der Waals surface area contributed by atoms with E-state index in [4.69, 9.17) is 19.9 Å². The van der Waals surface area contributed by atoms with Crippen LogP contribution in [-0.2, 0) is 46.5 Å². The highest BCUT2D eigenvalue weighted by Gasteiger charge is 2.30. The number of carbonyl (C=O) groups excluding carboxylic acids is 7. The number of nitrogens with zero attached hydrogens (tertiary/aromatic N) is 7. The van der Waals surface area contributed by atoms with Crippen molar-refractivity contribution in [3.63, 3.8) is 0 Å². The number of rotatable bonds is 32. The molecule has 6 aromatic rings. The molecule has 0 aliphatic carbocycles. The van der Waals surface area contributed by atoms with E-state index in [1.807, 2.05) is 31.2 Å². The van der Waals surface area contributed by atoms with Crippen molar-refractivity contribution in [2.24, 2.45) is 11.7 Å². The SMILES string of the molecule is Cc1cc(N(CCCO)c2nc(C(=O)O)c(CCCOc3ccc(C#CCN(C)C(=O)OCc4ccc(NC(=O)C(CCCNC(N)=O)NC(=O)C(NC(=O)CCOCCN5C(=O)C=CC5=O)C(C)C)cc4)cc3F)s2)nnc1Nc1nc2ccccc2s1. The van der Waals surface area contributed by atoms with Crippen LogP contribution in [0.15, 0.2) is 84.9 Å². The second-order valence-corrected chi connectivity index (χ2v) is 22.5. The summed E-state index contributed by atoms with van der Waals surface area (Å²) in [4.78, 5) is 113. The predicted octanol–water partition coefficient (Wildman–Crippen LogP) is 5.93. The van der Waals surface area contributed by atoms with E-state index in [1.54, 1.807) is 55.1 Å². The molecule has 0 radical (unpaired) electrons. The number of anilines is 5. The first-order valence-corrected chi connectivity index (χ1v) is 29.9. The third-order valence-corrected chi connectivity index (χ3v) is 15.4. The molecule has 0 saturated carbocycles. The molecule has 470 valence electrons. The van der Waals surface area contributed by atoms with E-state index in [0.717, 1.165) is 32.8 Å². The molecule has 29 heteroatoms. The molecule has 0 fully saturated rings. The summed E-state index contributed by atoms with van der Waals surface area (Å²) in [5.41, 5.74) is 7.91. The number of aliphatic hydroxyl groups excluding tert-OH is 1. The summed E-state index contributed by atoms with van der Waals surface area (Å²) in [6.07, 6.45) is 2.76. The number of amides is 8. The van der Waals surface area contributed by atoms with Crippen LogP contribution in [0.3, 0.4) is 0 Å². The van der Waals surface area contributed by atoms with E-state index in [2.05, 4.69) is 58.6 Å². The van der Waals surface area contributed by atoms with Gasteiger partial charge in [0, 0.05) is 61.4 Å². The molecule has 9 N–H and O–H groups in total. The molecule has 0 bridgehead atoms. The maximum absolute atomic E-state index is 15.2. The lowest BCUT2D eigenvalue weighted by atomic mass is 10.0. The fraction of sp³-hybridized carbons (Fsp3) is 0.367. The van der Waals surface area contributed by atoms with Gasteiger partial charge in [0.1, 0.15) is 18.7 Å². The number of imide groups is 1. The van der Waals surface area contributed by atoms with Crippen molar-refractivity contribution in [3.8, 4) is 17.6 Å². The molecule has 1 aliphatic rings. The molecule has 4 heterocycles. The molecule has 8 amide bonds. The number of urea groups is 1. The van der Waals surface area contributed by atoms with Gasteiger partial charge in [-0.1, -0.05) is 61.3 Å². The summed E-state index contributed by atoms with van der Waals surface area (Å²) in [6.45, 7) is 5.40. The molecular weight excluding hydrogens is 1190 g/mol. The predicted molar refractivity (Wildman–Crippen MR) is 329 cm³/mol. The summed E-state index contributed by atoms with van der Waals surface area (Å²) in [6, 6.07) is 17.2. The lowest BCUT2D eigenvalue weighted by Gasteiger charge is -2.25. The van der Waals surface area contributed by atoms with Crippen molar-refractivity contribution in [2.45, 2.75) is 78.0 Å². The number of ether oxygens (including phenoxy) is 3. The minimum atomic E-state index is -1.22. The first kappa shape index (κ1) is 66.9. The van der Waals surface area contributed by atoms with Crippen molar-refractivity contribution in [1.82, 2.24) is 45.9 Å². The van der Waals surface area contributed by atoms with Gasteiger partial charge in [-0.3, -0.25) is 28.9 Å². The Hall–Kier alpha value is -9.63. The number of carboxylic acid groups (broad SMARTS) is 1. The van der Waals surface area contributed by atoms with E-state index in [-0.39, 0.29) is 96.3 Å². The lowest BCUT2D eigenvalue weighted by molar-refractivity contribution is -0.138. The number of primary amides is 1. The van der Waals surface area contributed by atoms with Crippen LogP contribution in [0.2, 0.25) is 0 Å². The molecule has 0 saturated heterocycles. The summed E-state index contributed by atoms with van der Waals surface area (Å²) >= 11 is 2.65. The number of aromatic carboxylic acids is 1. The topological polar surface area (TPSA) is 352 Å². The Balaban J connectivity index is 0.843. The second-order valence-electron chi connectivity index (χ2n) is 20.5. The molecule has 0 spiro atoms. The van der Waals surface area contributed by atoms with Gasteiger partial charge in [0.2, 0.25) is 17.7 Å². The molecule has 3 aromatic carbocycles. The van der Waals surface area contributed by atoms with Crippen LogP contribution in [0.1, 0.15) is 78.0 Å². The Morgan fingerprint density at radius 1 is 0.888 bits per heavy atom. The number of carboxylic acids is 1. The van der Waals surface area contributed by atoms with Gasteiger partial charge in [0.25, 0.3) is 11.8 Å². The molecule has 89 heavy (non-hydrogen) atoms. The van der Waals surface area contributed by atoms with Crippen LogP contribution in [0.5, 0.6) is 5.75 Å². The molecule has 2 unspecified atom stereocenters. The van der Waals surface area contributed by atoms with Crippen LogP contribution in [0.4, 0.5) is 41.6 Å². The molecule has 2 atom stereocenters. The first-order valence-electron chi connectivity index (χ1n) is 28.3. The van der Waals surface area contributed by atoms with E-state index >= 15 is 4.39 Å². The van der Waals surface area contributed by atoms with Crippen LogP contribution in [0.25, 0.3) is 10.2 Å². The summed E-state index contributed by atoms with van der Waals surface area (Å²) in [5, 5.41) is 43.5. The lowest BCUT2D eigenvalue weighted by Crippen LogP contribution is -2.54. The Bertz CT molecular complexity index is 3560. The first-order chi connectivity index (χ1) is 42.8. The smallest absolute Gasteiger partial charge is 0.410 e. The van der Waals surface area contributed by atoms with Crippen LogP contribution in [-0.4, -0.2) is 160 Å². The van der Waals surface area contributed by atoms with Gasteiger partial charge in [0.15, 0.2) is 39.2 Å². The molecule has 7 rings (SSSR count). The molecule has 3 aromatic heterocycles. The van der Waals surface area contributed by atoms with Crippen LogP contribution >= 0.6 is 22.7 Å². The van der Waals surface area contributed by atoms with Crippen molar-refractivity contribution in [1.29, 1.82) is 0 Å². The number of carbonyl (C=O) groups is 8. The average Bonchev–Trinajstić information content (AvgIpc) is 2.98. The number of aryl methyl sites for hydroxylation is 2. The normalized spacial score (nSPS) is 12.5. The fourth-order valence-electron chi connectivity index (χ4n) is 8.59. The summed E-state index contributed by atoms with van der Waals surface area (Å²) < 4.78 is 32.9. The maximum atomic E-state index is 15.2. The number of hydrogen-bond acceptors (Lipinski definition) is 20. The van der Waals surface area contributed by atoms with Gasteiger partial charge in [-0.25, -0.2) is 28.7 Å². The van der Waals surface area contributed by atoms with E-state index < -0.39 is 71.4 Å². The number of thiazole rings is 2. The zero-order valence-electron chi connectivity index (χ0n) is 49.2. The van der Waals surface area contributed by atoms with Crippen LogP contribution in [0, 0.1) is 30.5 Å². The van der Waals surface area contributed by atoms with E-state index in [1.165, 1.54) is 46.8 Å². The average molecular weight is 1260 g/mol. The number of aliphatic hydroxyl groups is 1. The Morgan fingerprint density at radius 2 is 1.65 bits per heavy atom. The highest BCUT2D eigenvalue weighted by atomic mass is 32.1. The number of nitrogens with one attached hydrogen (secondary N) is 5. The van der Waals surface area contributed by atoms with Crippen molar-refractivity contribution >= 4 is 108 Å². The number of hydrogen-bond donors (Lipinski definition) is 8. The summed E-state index contributed by atoms with van der Waals surface area (Å²) in [5.74, 6) is 1.60. The van der Waals surface area contributed by atoms with Gasteiger partial charge in [-0.05, 0) is 105 Å². The van der Waals surface area contributed by atoms with Gasteiger partial charge < -0.3 is 66.5 Å². The summed E-state index contributed by atoms with van der Waals surface area (Å²) in [7, 11) is 1.48. The number of aromatic nitrogens is 4. The van der Waals surface area contributed by atoms with Crippen LogP contribution < -0.4 is 42.0 Å². The number of fused-ring (bicyclic) bond motifs is 1. The van der Waals surface area contributed by atoms with Crippen molar-refractivity contribution in [3.05, 3.63) is 118 Å².